The third kappa shape index (κ3) is 7.43. The van der Waals surface area contributed by atoms with E-state index in [1.807, 2.05) is 44.2 Å². The van der Waals surface area contributed by atoms with Gasteiger partial charge in [0.1, 0.15) is 0 Å². The molecule has 0 spiro atoms. The summed E-state index contributed by atoms with van der Waals surface area (Å²) in [6, 6.07) is 18.7. The van der Waals surface area contributed by atoms with Gasteiger partial charge < -0.3 is 20.1 Å². The van der Waals surface area contributed by atoms with Crippen molar-refractivity contribution in [3.8, 4) is 0 Å². The Kier molecular flexibility index (Phi) is 10.1. The topological polar surface area (TPSA) is 73.7 Å². The van der Waals surface area contributed by atoms with Crippen molar-refractivity contribution < 1.29 is 19.6 Å². The number of likely N-dealkylation sites (tertiary alicyclic amines) is 1. The van der Waals surface area contributed by atoms with Crippen LogP contribution in [0.25, 0.3) is 0 Å². The van der Waals surface area contributed by atoms with Crippen LogP contribution in [0.1, 0.15) is 50.8 Å². The zero-order valence-electron chi connectivity index (χ0n) is 20.8. The number of quaternary nitrogens is 1. The van der Waals surface area contributed by atoms with Gasteiger partial charge in [-0.2, -0.15) is 0 Å². The number of carbonyl (C=O) groups excluding carboxylic acids is 2. The zero-order valence-corrected chi connectivity index (χ0v) is 20.8. The van der Waals surface area contributed by atoms with E-state index in [0.717, 1.165) is 25.1 Å². The van der Waals surface area contributed by atoms with E-state index in [1.165, 1.54) is 16.0 Å². The van der Waals surface area contributed by atoms with Crippen molar-refractivity contribution in [1.29, 1.82) is 0 Å². The van der Waals surface area contributed by atoms with Gasteiger partial charge in [0.2, 0.25) is 5.91 Å². The molecule has 0 bridgehead atoms. The monoisotopic (exact) mass is 452 g/mol. The van der Waals surface area contributed by atoms with Gasteiger partial charge in [-0.1, -0.05) is 87.9 Å². The smallest absolute Gasteiger partial charge is 0.229 e. The van der Waals surface area contributed by atoms with Gasteiger partial charge in [-0.3, -0.25) is 4.79 Å². The molecule has 2 aromatic carbocycles. The highest BCUT2D eigenvalue weighted by Crippen LogP contribution is 2.36. The Morgan fingerprint density at radius 3 is 2.45 bits per heavy atom. The summed E-state index contributed by atoms with van der Waals surface area (Å²) < 4.78 is 0. The maximum Gasteiger partial charge on any atom is 0.229 e. The minimum Gasteiger partial charge on any atom is -0.548 e. The first kappa shape index (κ1) is 26.6. The SMILES string of the molecule is CC.Cc1cccc([C@]2(C)CC[NH+](C[C@@H](Cc3ccccc3)C(=O)NCC(=O)[O-])C[C@@H]2C)c1. The third-order valence-electron chi connectivity index (χ3n) is 7.00. The van der Waals surface area contributed by atoms with Crippen molar-refractivity contribution in [1.82, 2.24) is 5.32 Å². The molecule has 1 saturated heterocycles. The molecule has 0 saturated carbocycles. The normalized spacial score (nSPS) is 23.1. The fourth-order valence-corrected chi connectivity index (χ4v) is 4.87. The van der Waals surface area contributed by atoms with Gasteiger partial charge in [-0.15, -0.1) is 0 Å². The number of nitrogens with one attached hydrogen (secondary N) is 2. The molecule has 0 radical (unpaired) electrons. The van der Waals surface area contributed by atoms with Crippen LogP contribution in [-0.4, -0.2) is 38.1 Å². The molecule has 180 valence electrons. The average molecular weight is 453 g/mol. The van der Waals surface area contributed by atoms with Crippen molar-refractivity contribution in [2.75, 3.05) is 26.2 Å². The van der Waals surface area contributed by atoms with E-state index in [1.54, 1.807) is 0 Å². The molecule has 5 nitrogen and oxygen atoms in total. The number of aliphatic carboxylic acids is 1. The second-order valence-corrected chi connectivity index (χ2v) is 9.32. The molecule has 4 atom stereocenters. The minimum atomic E-state index is -1.26. The first-order valence-electron chi connectivity index (χ1n) is 12.2. The van der Waals surface area contributed by atoms with Crippen LogP contribution >= 0.6 is 0 Å². The summed E-state index contributed by atoms with van der Waals surface area (Å²) in [7, 11) is 0. The number of rotatable bonds is 8. The lowest BCUT2D eigenvalue weighted by Crippen LogP contribution is -3.15. The van der Waals surface area contributed by atoms with E-state index in [4.69, 9.17) is 0 Å². The lowest BCUT2D eigenvalue weighted by atomic mass is 9.67. The van der Waals surface area contributed by atoms with Crippen molar-refractivity contribution >= 4 is 11.9 Å². The number of carboxylic acid groups (broad SMARTS) is 1. The zero-order chi connectivity index (χ0) is 24.4. The van der Waals surface area contributed by atoms with E-state index in [9.17, 15) is 14.7 Å². The molecule has 1 amide bonds. The lowest BCUT2D eigenvalue weighted by molar-refractivity contribution is -0.912. The number of aryl methyl sites for hydroxylation is 1. The van der Waals surface area contributed by atoms with Crippen LogP contribution in [0.4, 0.5) is 0 Å². The molecule has 0 aliphatic carbocycles. The van der Waals surface area contributed by atoms with Gasteiger partial charge in [0.15, 0.2) is 0 Å². The van der Waals surface area contributed by atoms with Crippen molar-refractivity contribution in [3.63, 3.8) is 0 Å². The number of piperidine rings is 1. The van der Waals surface area contributed by atoms with Crippen LogP contribution in [0.3, 0.4) is 0 Å². The first-order chi connectivity index (χ1) is 15.8. The molecular weight excluding hydrogens is 412 g/mol. The lowest BCUT2D eigenvalue weighted by Gasteiger charge is -2.43. The molecule has 33 heavy (non-hydrogen) atoms. The maximum absolute atomic E-state index is 12.8. The Balaban J connectivity index is 0.00000187. The summed E-state index contributed by atoms with van der Waals surface area (Å²) in [5, 5.41) is 13.4. The van der Waals surface area contributed by atoms with Crippen LogP contribution in [0.2, 0.25) is 0 Å². The second-order valence-electron chi connectivity index (χ2n) is 9.32. The summed E-state index contributed by atoms with van der Waals surface area (Å²) in [4.78, 5) is 25.0. The van der Waals surface area contributed by atoms with Crippen LogP contribution in [0.15, 0.2) is 54.6 Å². The highest BCUT2D eigenvalue weighted by molar-refractivity contribution is 5.82. The molecule has 2 aromatic rings. The molecule has 0 aromatic heterocycles. The van der Waals surface area contributed by atoms with Gasteiger partial charge in [0.25, 0.3) is 0 Å². The highest BCUT2D eigenvalue weighted by Gasteiger charge is 2.41. The summed E-state index contributed by atoms with van der Waals surface area (Å²) in [5.41, 5.74) is 3.90. The molecule has 1 fully saturated rings. The molecule has 1 unspecified atom stereocenters. The van der Waals surface area contributed by atoms with E-state index in [2.05, 4.69) is 50.4 Å². The predicted octanol–water partition coefficient (Wildman–Crippen LogP) is 1.93. The first-order valence-corrected chi connectivity index (χ1v) is 12.2. The standard InChI is InChI=1S/C26H34N2O3.C2H6/c1-19-8-7-11-23(14-19)26(3)12-13-28(17-20(26)2)18-22(25(31)27-16-24(29)30)15-21-9-5-4-6-10-21;1-2/h4-11,14,20,22H,12-13,15-18H2,1-3H3,(H,27,31)(H,29,30);1-2H3/t20-,22+,26+;/m0./s1. The van der Waals surface area contributed by atoms with Gasteiger partial charge in [-0.25, -0.2) is 0 Å². The fourth-order valence-electron chi connectivity index (χ4n) is 4.87. The number of hydrogen-bond donors (Lipinski definition) is 2. The molecule has 2 N–H and O–H groups in total. The Morgan fingerprint density at radius 2 is 1.85 bits per heavy atom. The van der Waals surface area contributed by atoms with Crippen LogP contribution in [-0.2, 0) is 21.4 Å². The molecule has 1 aliphatic heterocycles. The largest absolute Gasteiger partial charge is 0.548 e. The van der Waals surface area contributed by atoms with Crippen molar-refractivity contribution in [2.45, 2.75) is 52.9 Å². The van der Waals surface area contributed by atoms with Gasteiger partial charge in [0.05, 0.1) is 38.1 Å². The number of amides is 1. The summed E-state index contributed by atoms with van der Waals surface area (Å²) >= 11 is 0. The van der Waals surface area contributed by atoms with Gasteiger partial charge in [0, 0.05) is 17.8 Å². The number of carboxylic acids is 1. The maximum atomic E-state index is 12.8. The summed E-state index contributed by atoms with van der Waals surface area (Å²) in [6.45, 7) is 13.0. The third-order valence-corrected chi connectivity index (χ3v) is 7.00. The Labute approximate surface area is 199 Å². The van der Waals surface area contributed by atoms with Crippen molar-refractivity contribution in [3.05, 3.63) is 71.3 Å². The Bertz CT molecular complexity index is 899. The molecule has 1 aliphatic rings. The number of hydrogen-bond acceptors (Lipinski definition) is 3. The van der Waals surface area contributed by atoms with Gasteiger partial charge in [-0.05, 0) is 24.5 Å². The van der Waals surface area contributed by atoms with Crippen LogP contribution < -0.4 is 15.3 Å². The summed E-state index contributed by atoms with van der Waals surface area (Å²) in [6.07, 6.45) is 1.67. The molecule has 5 heteroatoms. The number of carbonyl (C=O) groups is 2. The molecule has 1 heterocycles. The van der Waals surface area contributed by atoms with Gasteiger partial charge >= 0.3 is 0 Å². The van der Waals surface area contributed by atoms with E-state index >= 15 is 0 Å². The quantitative estimate of drug-likeness (QED) is 0.643. The van der Waals surface area contributed by atoms with Crippen molar-refractivity contribution in [2.24, 2.45) is 11.8 Å². The predicted molar refractivity (Wildman–Crippen MR) is 131 cm³/mol. The second kappa shape index (κ2) is 12.5. The van der Waals surface area contributed by atoms with Crippen LogP contribution in [0.5, 0.6) is 0 Å². The van der Waals surface area contributed by atoms with E-state index in [-0.39, 0.29) is 17.2 Å². The van der Waals surface area contributed by atoms with E-state index < -0.39 is 12.5 Å². The average Bonchev–Trinajstić information content (AvgIpc) is 2.81. The van der Waals surface area contributed by atoms with Crippen LogP contribution in [0, 0.1) is 18.8 Å². The van der Waals surface area contributed by atoms with E-state index in [0.29, 0.717) is 18.9 Å². The molecular formula is C28H40N2O3. The number of benzene rings is 2. The Morgan fingerprint density at radius 1 is 1.15 bits per heavy atom. The Hall–Kier alpha value is -2.66. The molecule has 3 rings (SSSR count). The summed E-state index contributed by atoms with van der Waals surface area (Å²) in [5.74, 6) is -1.27. The highest BCUT2D eigenvalue weighted by atomic mass is 16.4. The minimum absolute atomic E-state index is 0.127. The fraction of sp³-hybridized carbons (Fsp3) is 0.500.